The molecule has 0 saturated heterocycles. The number of unbranched alkanes of at least 4 members (excludes halogenated alkanes) is 3. The topological polar surface area (TPSA) is 578 Å². The Kier molecular flexibility index (Phi) is 85.3. The van der Waals surface area contributed by atoms with Gasteiger partial charge >= 0.3 is 20.4 Å². The molecule has 0 amide bonds. The number of aliphatic hydroxyl groups is 1. The highest BCUT2D eigenvalue weighted by atomic mass is 32.2. The third-order valence-corrected chi connectivity index (χ3v) is 21.2. The fourth-order valence-corrected chi connectivity index (χ4v) is 13.5. The molecule has 144 heavy (non-hydrogen) atoms. The molecule has 0 aliphatic rings. The predicted molar refractivity (Wildman–Crippen MR) is 604 cm³/mol. The lowest BCUT2D eigenvalue weighted by Crippen LogP contribution is -2.40. The fourth-order valence-electron chi connectivity index (χ4n) is 12.0. The van der Waals surface area contributed by atoms with Crippen molar-refractivity contribution in [2.45, 2.75) is 400 Å². The summed E-state index contributed by atoms with van der Waals surface area (Å²) in [5.74, 6) is 3.69. The van der Waals surface area contributed by atoms with Gasteiger partial charge in [-0.1, -0.05) is 227 Å². The number of carbonyl (C=O) groups is 3. The van der Waals surface area contributed by atoms with Crippen LogP contribution in [0.3, 0.4) is 0 Å². The highest BCUT2D eigenvalue weighted by molar-refractivity contribution is 7.88. The van der Waals surface area contributed by atoms with E-state index in [1.807, 2.05) is 27.2 Å². The number of rotatable bonds is 47. The van der Waals surface area contributed by atoms with Crippen LogP contribution in [-0.2, 0) is 49.7 Å². The van der Waals surface area contributed by atoms with Crippen molar-refractivity contribution in [3.05, 3.63) is 52.7 Å². The molecule has 0 radical (unpaired) electrons. The summed E-state index contributed by atoms with van der Waals surface area (Å²) in [6, 6.07) is 0. The van der Waals surface area contributed by atoms with Crippen LogP contribution < -0.4 is 68.2 Å². The average Bonchev–Trinajstić information content (AvgIpc) is 0.773. The number of amidine groups is 3. The Morgan fingerprint density at radius 3 is 1.19 bits per heavy atom. The second-order valence-electron chi connectivity index (χ2n) is 48.0. The molecule has 42 heteroatoms. The van der Waals surface area contributed by atoms with Gasteiger partial charge in [-0.05, 0) is 183 Å². The summed E-state index contributed by atoms with van der Waals surface area (Å²) < 4.78 is 78.1. The maximum atomic E-state index is 11.4. The van der Waals surface area contributed by atoms with E-state index in [1.54, 1.807) is 83.1 Å². The molecule has 15 N–H and O–H groups in total. The van der Waals surface area contributed by atoms with Crippen LogP contribution in [0.2, 0.25) is 0 Å². The van der Waals surface area contributed by atoms with Gasteiger partial charge in [0.1, 0.15) is 53.0 Å². The highest BCUT2D eigenvalue weighted by Gasteiger charge is 2.24. The molecule has 1 aromatic rings. The molecular formula is C102H212N22O17S3. The number of aliphatic hydroxyl groups excluding tert-OH is 1. The van der Waals surface area contributed by atoms with Gasteiger partial charge in [-0.3, -0.25) is 54.1 Å². The summed E-state index contributed by atoms with van der Waals surface area (Å²) in [7, 11) is 7.74. The van der Waals surface area contributed by atoms with E-state index in [1.165, 1.54) is 6.42 Å². The Morgan fingerprint density at radius 2 is 0.875 bits per heavy atom. The number of hydrogen-bond acceptors (Lipinski definition) is 24. The molecule has 0 unspecified atom stereocenters. The molecule has 0 fully saturated rings. The van der Waals surface area contributed by atoms with E-state index in [0.29, 0.717) is 140 Å². The molecule has 0 spiro atoms. The van der Waals surface area contributed by atoms with Gasteiger partial charge in [-0.15, -0.1) is 8.80 Å². The van der Waals surface area contributed by atoms with Crippen LogP contribution in [-0.4, -0.2) is 219 Å². The molecule has 0 atom stereocenters. The largest absolute Gasteiger partial charge is 0.389 e. The van der Waals surface area contributed by atoms with Crippen LogP contribution >= 0.6 is 0 Å². The van der Waals surface area contributed by atoms with Crippen molar-refractivity contribution in [3.8, 4) is 6.19 Å². The van der Waals surface area contributed by atoms with E-state index in [-0.39, 0.29) is 41.5 Å². The molecule has 0 aliphatic heterocycles. The van der Waals surface area contributed by atoms with Gasteiger partial charge < -0.3 is 56.4 Å². The first-order valence-electron chi connectivity index (χ1n) is 50.6. The minimum atomic E-state index is -3.83. The van der Waals surface area contributed by atoms with Crippen molar-refractivity contribution in [3.63, 3.8) is 0 Å². The molecule has 1 rings (SSSR count). The van der Waals surface area contributed by atoms with Crippen molar-refractivity contribution in [2.75, 3.05) is 127 Å². The van der Waals surface area contributed by atoms with Gasteiger partial charge in [0.25, 0.3) is 33.2 Å². The van der Waals surface area contributed by atoms with Crippen LogP contribution in [0.5, 0.6) is 0 Å². The predicted octanol–water partition coefficient (Wildman–Crippen LogP) is 17.9. The summed E-state index contributed by atoms with van der Waals surface area (Å²) in [6.45, 7) is 68.1. The monoisotopic (exact) mass is 2110 g/mol. The van der Waals surface area contributed by atoms with Crippen molar-refractivity contribution in [2.24, 2.45) is 99.7 Å². The fraction of sp³-hybridized carbons (Fsp3) is 0.853. The first kappa shape index (κ1) is 154. The molecule has 39 nitrogen and oxygen atoms in total. The van der Waals surface area contributed by atoms with Crippen LogP contribution in [0.25, 0.3) is 0 Å². The number of ketones is 3. The van der Waals surface area contributed by atoms with E-state index in [4.69, 9.17) is 36.3 Å². The lowest BCUT2D eigenvalue weighted by molar-refractivity contribution is -0.485. The van der Waals surface area contributed by atoms with Gasteiger partial charge in [0, 0.05) is 149 Å². The quantitative estimate of drug-likeness (QED) is 0.00422. The van der Waals surface area contributed by atoms with Gasteiger partial charge in [0.2, 0.25) is 5.96 Å². The van der Waals surface area contributed by atoms with E-state index < -0.39 is 40.6 Å². The molecule has 1 aromatic carbocycles. The van der Waals surface area contributed by atoms with Crippen molar-refractivity contribution >= 4 is 88.8 Å². The Morgan fingerprint density at radius 1 is 0.507 bits per heavy atom. The Bertz CT molecular complexity index is 4250. The van der Waals surface area contributed by atoms with Gasteiger partial charge in [-0.25, -0.2) is 25.5 Å². The maximum Gasteiger partial charge on any atom is 0.318 e. The zero-order chi connectivity index (χ0) is 115. The number of carbonyl (C=O) groups excluding carboxylic acids is 3. The standard InChI is InChI=1S/C13H22N2O2.C11H25N3O2S.C10H22N4O2.C10H20N4.C10H23N3O2S.C10H21N3O2.C10H20O2.C10H20O.C9H21N3O2S.C9H18O2/c1-13(2,3)7-6-8-14-9-10(15(4)5)12(17)11(9)16;1-11(2,3)9-7-6-8-10(14(4)5)13-17(12,15)16;1-10(2,3)7-6-8-11-9(13(4)5)12-14(15)16;1-9(2)6-5-7-12-10(13-8-11)14(3)4;1-10(2,3)8-6-5-7-9(12-4)13-16(11,14)15;1-10(2,3)6-5-7-12-9(11-4)8-13(14)15;1-10(2,3)7-5-6-9(11)8-12-4;1-5-9(11)7-6-8-10(2,3)4;1-9(2,3)7-5-4-6-8(10)12-15(11,13)14;1-9(2,3)6-4-5-8(11)7-10/h14H,6-8H2,1-5H3;6-9H2,1-5H3,(H2,12,15,16);6-8H2,1-5H3,(H,11,12);9H,5-7H2,1-4H3,(H,12,13);5-8H2,1-4H3,(H,12,13)(H2,11,14,15);8,11-12H,5-7H2,1-4H3;5-8H2,1-4H3;5-8H2,1-4H3;4-7H2,1-3H3,(H2,10,12)(H2,11,13,14);10H,4-7H2,1-3H3/b;;;;;9-8+;;;;. The van der Waals surface area contributed by atoms with Crippen LogP contribution in [0.15, 0.2) is 45.5 Å². The summed E-state index contributed by atoms with van der Waals surface area (Å²) in [5, 5.41) is 68.7. The molecule has 0 aliphatic carbocycles. The highest BCUT2D eigenvalue weighted by Crippen LogP contribution is 2.29. The SMILES string of the molecule is CC(C)(C)CCCC(=O)CO.CC(C)(C)CCCCC(N)=NS(N)(=O)=O.CC(C)CCCN=C(NC#N)N(C)C.CCC(=O)CCCC(C)(C)C.CN(C)/C(=N\[N+](=O)[O-])NCCCC(C)(C)C.CN(C)C(CCCCC(C)(C)C)=NS(N)(=O)=O.CN(C)c1c(NCCCC(C)(C)C)c(=O)c1=O.CN/C(=C\[N+](=O)[O-])NCCCC(C)(C)C.CN=C(CCCCC(C)(C)C)NS(N)(=O)=O.COCC(=O)CCCC(C)(C)C. The molecule has 0 heterocycles. The minimum absolute atomic E-state index is 0.0470. The van der Waals surface area contributed by atoms with Crippen molar-refractivity contribution in [1.29, 1.82) is 5.26 Å². The van der Waals surface area contributed by atoms with Crippen LogP contribution in [0, 0.1) is 86.3 Å². The summed E-state index contributed by atoms with van der Waals surface area (Å²) in [4.78, 5) is 90.2. The number of guanidine groups is 2. The number of aliphatic imine (C=N–C) groups is 2. The second kappa shape index (κ2) is 80.0. The van der Waals surface area contributed by atoms with Gasteiger partial charge in [0.05, 0.1) is 4.92 Å². The Balaban J connectivity index is -0.000000202. The first-order valence-corrected chi connectivity index (χ1v) is 55.2. The number of Topliss-reactive ketones (excluding diaryl/α,β-unsaturated/α-hetero) is 3. The number of nitrogens with two attached hydrogens (primary N) is 4. The summed E-state index contributed by atoms with van der Waals surface area (Å²) in [6.07, 6.45) is 31.0. The third-order valence-electron chi connectivity index (χ3n) is 19.8. The number of ether oxygens (including phenoxy) is 1. The zero-order valence-corrected chi connectivity index (χ0v) is 100. The maximum absolute atomic E-state index is 11.4. The Labute approximate surface area is 875 Å². The number of nitrogens with zero attached hydrogens (tertiary/aromatic N) is 12. The van der Waals surface area contributed by atoms with E-state index in [0.717, 1.165) is 179 Å². The molecule has 0 saturated carbocycles. The average molecular weight is 2120 g/mol. The number of methoxy groups -OCH3 is 1. The van der Waals surface area contributed by atoms with Gasteiger partial charge in [0.15, 0.2) is 28.6 Å². The van der Waals surface area contributed by atoms with Crippen molar-refractivity contribution in [1.82, 2.24) is 40.7 Å². The summed E-state index contributed by atoms with van der Waals surface area (Å²) in [5.41, 5.74) is 8.49. The van der Waals surface area contributed by atoms with E-state index >= 15 is 0 Å². The number of nitrogens with one attached hydrogen (secondary N) is 6. The van der Waals surface area contributed by atoms with E-state index in [2.05, 4.69) is 256 Å². The molecule has 0 aromatic heterocycles. The number of hydrogen-bond donors (Lipinski definition) is 11. The summed E-state index contributed by atoms with van der Waals surface area (Å²) >= 11 is 0. The Hall–Kier alpha value is -8.08. The van der Waals surface area contributed by atoms with Crippen molar-refractivity contribution < 1.29 is 59.4 Å². The van der Waals surface area contributed by atoms with Crippen LogP contribution in [0.1, 0.15) is 400 Å². The third kappa shape index (κ3) is 126. The number of nitro groups is 2. The molecule has 0 bridgehead atoms. The normalized spacial score (nSPS) is 12.6. The minimum Gasteiger partial charge on any atom is -0.389 e. The van der Waals surface area contributed by atoms with E-state index in [9.17, 15) is 69.5 Å². The zero-order valence-electron chi connectivity index (χ0n) is 98.0. The molecular weight excluding hydrogens is 1900 g/mol. The first-order chi connectivity index (χ1) is 65.0. The lowest BCUT2D eigenvalue weighted by Gasteiger charge is -2.21. The smallest absolute Gasteiger partial charge is 0.318 e. The number of anilines is 2. The second-order valence-corrected chi connectivity index (χ2v) is 51.7. The molecule has 850 valence electrons. The number of hydrazone groups is 1. The number of nitriles is 1. The van der Waals surface area contributed by atoms with Crippen LogP contribution in [0.4, 0.5) is 11.4 Å². The van der Waals surface area contributed by atoms with Gasteiger partial charge in [-0.2, -0.15) is 30.5 Å². The lowest BCUT2D eigenvalue weighted by atomic mass is 9.89.